The Kier molecular flexibility index (Phi) is 5.52. The second kappa shape index (κ2) is 7.51. The molecule has 0 atom stereocenters. The quantitative estimate of drug-likeness (QED) is 0.805. The molecule has 0 unspecified atom stereocenters. The van der Waals surface area contributed by atoms with Crippen molar-refractivity contribution in [1.82, 2.24) is 9.29 Å². The van der Waals surface area contributed by atoms with Crippen LogP contribution in [0.15, 0.2) is 28.5 Å². The second-order valence-corrected chi connectivity index (χ2v) is 9.16. The summed E-state index contributed by atoms with van der Waals surface area (Å²) in [5.41, 5.74) is 1.27. The summed E-state index contributed by atoms with van der Waals surface area (Å²) in [7, 11) is -3.67. The molecular weight excluding hydrogens is 398 g/mol. The van der Waals surface area contributed by atoms with E-state index in [0.717, 1.165) is 10.7 Å². The number of hydrogen-bond acceptors (Lipinski definition) is 6. The van der Waals surface area contributed by atoms with Gasteiger partial charge < -0.3 is 10.0 Å². The number of carboxylic acids is 1. The van der Waals surface area contributed by atoms with Crippen molar-refractivity contribution < 1.29 is 18.3 Å². The van der Waals surface area contributed by atoms with Gasteiger partial charge in [0.1, 0.15) is 5.15 Å². The molecule has 1 fully saturated rings. The molecule has 1 saturated heterocycles. The number of rotatable bonds is 5. The zero-order chi connectivity index (χ0) is 18.9. The zero-order valence-electron chi connectivity index (χ0n) is 14.1. The summed E-state index contributed by atoms with van der Waals surface area (Å²) in [6.07, 6.45) is -0.201. The van der Waals surface area contributed by atoms with Crippen molar-refractivity contribution in [2.75, 3.05) is 31.1 Å². The van der Waals surface area contributed by atoms with Crippen LogP contribution in [0.5, 0.6) is 0 Å². The fourth-order valence-corrected chi connectivity index (χ4v) is 5.30. The predicted octanol–water partition coefficient (Wildman–Crippen LogP) is 2.24. The Balaban J connectivity index is 1.76. The number of thiazole rings is 1. The minimum Gasteiger partial charge on any atom is -0.481 e. The van der Waals surface area contributed by atoms with Gasteiger partial charge in [0.15, 0.2) is 5.13 Å². The van der Waals surface area contributed by atoms with Gasteiger partial charge in [-0.15, -0.1) is 11.3 Å². The first-order chi connectivity index (χ1) is 12.3. The summed E-state index contributed by atoms with van der Waals surface area (Å²) in [6, 6.07) is 4.65. The Morgan fingerprint density at radius 2 is 2.00 bits per heavy atom. The minimum absolute atomic E-state index is 0.130. The molecule has 140 valence electrons. The van der Waals surface area contributed by atoms with E-state index in [-0.39, 0.29) is 11.3 Å². The fraction of sp³-hybridized carbons (Fsp3) is 0.375. The largest absolute Gasteiger partial charge is 0.481 e. The predicted molar refractivity (Wildman–Crippen MR) is 101 cm³/mol. The Hall–Kier alpha value is -1.68. The molecule has 0 radical (unpaired) electrons. The Morgan fingerprint density at radius 1 is 1.31 bits per heavy atom. The first-order valence-electron chi connectivity index (χ1n) is 7.95. The van der Waals surface area contributed by atoms with Gasteiger partial charge in [0.25, 0.3) is 0 Å². The van der Waals surface area contributed by atoms with Crippen LogP contribution < -0.4 is 4.90 Å². The highest BCUT2D eigenvalue weighted by Crippen LogP contribution is 2.26. The molecule has 0 spiro atoms. The van der Waals surface area contributed by atoms with E-state index in [2.05, 4.69) is 4.98 Å². The number of aryl methyl sites for hydroxylation is 1. The second-order valence-electron chi connectivity index (χ2n) is 6.00. The molecule has 0 saturated carbocycles. The molecule has 0 bridgehead atoms. The van der Waals surface area contributed by atoms with Crippen molar-refractivity contribution in [3.8, 4) is 0 Å². The van der Waals surface area contributed by atoms with Crippen molar-refractivity contribution in [3.63, 3.8) is 0 Å². The van der Waals surface area contributed by atoms with Gasteiger partial charge in [-0.05, 0) is 30.2 Å². The van der Waals surface area contributed by atoms with Gasteiger partial charge in [-0.25, -0.2) is 13.4 Å². The average molecular weight is 416 g/mol. The maximum Gasteiger partial charge on any atom is 0.307 e. The van der Waals surface area contributed by atoms with Crippen LogP contribution in [-0.4, -0.2) is 55.0 Å². The normalized spacial score (nSPS) is 16.0. The SMILES string of the molecule is Cc1ccc(S(=O)(=O)N2CCN(c3nc(Cl)cs3)CC2)cc1CC(=O)O. The monoisotopic (exact) mass is 415 g/mol. The zero-order valence-corrected chi connectivity index (χ0v) is 16.4. The van der Waals surface area contributed by atoms with Gasteiger partial charge in [-0.2, -0.15) is 4.31 Å². The van der Waals surface area contributed by atoms with E-state index in [9.17, 15) is 13.2 Å². The van der Waals surface area contributed by atoms with Crippen molar-refractivity contribution in [2.24, 2.45) is 0 Å². The van der Waals surface area contributed by atoms with Gasteiger partial charge in [-0.3, -0.25) is 4.79 Å². The third kappa shape index (κ3) is 4.01. The van der Waals surface area contributed by atoms with Crippen LogP contribution in [-0.2, 0) is 21.2 Å². The molecule has 26 heavy (non-hydrogen) atoms. The van der Waals surface area contributed by atoms with Crippen LogP contribution in [0.1, 0.15) is 11.1 Å². The molecule has 0 aliphatic carbocycles. The number of carbonyl (C=O) groups is 1. The maximum atomic E-state index is 12.9. The Labute approximate surface area is 160 Å². The van der Waals surface area contributed by atoms with E-state index < -0.39 is 16.0 Å². The molecular formula is C16H18ClN3O4S2. The van der Waals surface area contributed by atoms with Crippen LogP contribution in [0.2, 0.25) is 5.15 Å². The Bertz CT molecular complexity index is 921. The fourth-order valence-electron chi connectivity index (χ4n) is 2.82. The number of piperazine rings is 1. The number of hydrogen-bond donors (Lipinski definition) is 1. The molecule has 10 heteroatoms. The molecule has 2 heterocycles. The summed E-state index contributed by atoms with van der Waals surface area (Å²) in [5, 5.41) is 12.0. The smallest absolute Gasteiger partial charge is 0.307 e. The number of benzene rings is 1. The number of aromatic nitrogens is 1. The molecule has 0 amide bonds. The molecule has 1 aliphatic heterocycles. The maximum absolute atomic E-state index is 12.9. The highest BCUT2D eigenvalue weighted by molar-refractivity contribution is 7.89. The van der Waals surface area contributed by atoms with Crippen LogP contribution >= 0.6 is 22.9 Å². The van der Waals surface area contributed by atoms with Crippen LogP contribution in [0, 0.1) is 6.92 Å². The van der Waals surface area contributed by atoms with Crippen LogP contribution in [0.3, 0.4) is 0 Å². The molecule has 2 aromatic rings. The van der Waals surface area contributed by atoms with E-state index in [1.165, 1.54) is 27.8 Å². The standard InChI is InChI=1S/C16H18ClN3O4S2/c1-11-2-3-13(8-12(11)9-15(21)22)26(23,24)20-6-4-19(5-7-20)16-18-14(17)10-25-16/h2-3,8,10H,4-7,9H2,1H3,(H,21,22). The summed E-state index contributed by atoms with van der Waals surface area (Å²) >= 11 is 7.28. The molecule has 1 N–H and O–H groups in total. The number of aliphatic carboxylic acids is 1. The van der Waals surface area contributed by atoms with Gasteiger partial charge in [0, 0.05) is 31.6 Å². The van der Waals surface area contributed by atoms with Crippen molar-refractivity contribution in [1.29, 1.82) is 0 Å². The minimum atomic E-state index is -3.67. The van der Waals surface area contributed by atoms with E-state index in [0.29, 0.717) is 36.9 Å². The first-order valence-corrected chi connectivity index (χ1v) is 10.6. The lowest BCUT2D eigenvalue weighted by atomic mass is 10.1. The van der Waals surface area contributed by atoms with Gasteiger partial charge in [0.05, 0.1) is 11.3 Å². The van der Waals surface area contributed by atoms with Crippen molar-refractivity contribution >= 4 is 44.1 Å². The topological polar surface area (TPSA) is 90.8 Å². The van der Waals surface area contributed by atoms with E-state index in [4.69, 9.17) is 16.7 Å². The summed E-state index contributed by atoms with van der Waals surface area (Å²) in [5.74, 6) is -0.988. The number of halogens is 1. The van der Waals surface area contributed by atoms with E-state index in [1.807, 2.05) is 4.90 Å². The van der Waals surface area contributed by atoms with Crippen molar-refractivity contribution in [3.05, 3.63) is 39.9 Å². The third-order valence-corrected chi connectivity index (χ3v) is 7.39. The lowest BCUT2D eigenvalue weighted by Gasteiger charge is -2.33. The van der Waals surface area contributed by atoms with Crippen LogP contribution in [0.4, 0.5) is 5.13 Å². The lowest BCUT2D eigenvalue weighted by molar-refractivity contribution is -0.136. The van der Waals surface area contributed by atoms with Gasteiger partial charge in [0.2, 0.25) is 10.0 Å². The molecule has 1 aromatic carbocycles. The number of nitrogens with zero attached hydrogens (tertiary/aromatic N) is 3. The molecule has 7 nitrogen and oxygen atoms in total. The third-order valence-electron chi connectivity index (χ3n) is 4.27. The molecule has 1 aliphatic rings. The number of carboxylic acid groups (broad SMARTS) is 1. The summed E-state index contributed by atoms with van der Waals surface area (Å²) in [6.45, 7) is 3.49. The highest BCUT2D eigenvalue weighted by atomic mass is 35.5. The van der Waals surface area contributed by atoms with Crippen LogP contribution in [0.25, 0.3) is 0 Å². The highest BCUT2D eigenvalue weighted by Gasteiger charge is 2.29. The first kappa shape index (κ1) is 19.1. The van der Waals surface area contributed by atoms with E-state index in [1.54, 1.807) is 18.4 Å². The lowest BCUT2D eigenvalue weighted by Crippen LogP contribution is -2.48. The van der Waals surface area contributed by atoms with Crippen molar-refractivity contribution in [2.45, 2.75) is 18.2 Å². The van der Waals surface area contributed by atoms with E-state index >= 15 is 0 Å². The molecule has 3 rings (SSSR count). The van der Waals surface area contributed by atoms with Gasteiger partial charge >= 0.3 is 5.97 Å². The molecule has 1 aromatic heterocycles. The number of anilines is 1. The Morgan fingerprint density at radius 3 is 2.58 bits per heavy atom. The number of sulfonamides is 1. The summed E-state index contributed by atoms with van der Waals surface area (Å²) < 4.78 is 27.2. The summed E-state index contributed by atoms with van der Waals surface area (Å²) in [4.78, 5) is 17.3. The van der Waals surface area contributed by atoms with Gasteiger partial charge in [-0.1, -0.05) is 17.7 Å². The average Bonchev–Trinajstić information content (AvgIpc) is 3.03.